The molecule has 1 fully saturated rings. The summed E-state index contributed by atoms with van der Waals surface area (Å²) in [6.07, 6.45) is -1.78. The van der Waals surface area contributed by atoms with E-state index >= 15 is 0 Å². The van der Waals surface area contributed by atoms with Crippen LogP contribution in [0.2, 0.25) is 4.34 Å². The van der Waals surface area contributed by atoms with Gasteiger partial charge >= 0.3 is 6.09 Å². The number of likely N-dealkylation sites (tertiary alicyclic amines) is 1. The number of sulfonamides is 1. The quantitative estimate of drug-likeness (QED) is 0.224. The molecule has 0 aliphatic carbocycles. The second kappa shape index (κ2) is 12.7. The number of thiophene rings is 1. The lowest BCUT2D eigenvalue weighted by atomic mass is 10.1. The van der Waals surface area contributed by atoms with Crippen LogP contribution in [-0.4, -0.2) is 66.3 Å². The summed E-state index contributed by atoms with van der Waals surface area (Å²) < 4.78 is 70.0. The van der Waals surface area contributed by atoms with Crippen molar-refractivity contribution in [3.05, 3.63) is 70.1 Å². The van der Waals surface area contributed by atoms with Crippen LogP contribution in [0.15, 0.2) is 58.8 Å². The van der Waals surface area contributed by atoms with E-state index in [1.807, 2.05) is 6.07 Å². The zero-order valence-corrected chi connectivity index (χ0v) is 27.7. The number of fused-ring (bicyclic) bond motifs is 1. The molecule has 4 aromatic rings. The van der Waals surface area contributed by atoms with Crippen LogP contribution in [0, 0.1) is 0 Å². The minimum Gasteiger partial charge on any atom is -0.496 e. The second-order valence-electron chi connectivity index (χ2n) is 11.7. The van der Waals surface area contributed by atoms with E-state index in [9.17, 15) is 26.8 Å². The number of nitrogens with one attached hydrogen (secondary N) is 2. The summed E-state index contributed by atoms with van der Waals surface area (Å²) in [5, 5.41) is 7.68. The molecule has 0 bridgehead atoms. The van der Waals surface area contributed by atoms with Crippen LogP contribution < -0.4 is 14.8 Å². The minimum atomic E-state index is -3.99. The van der Waals surface area contributed by atoms with Gasteiger partial charge in [-0.2, -0.15) is 5.10 Å². The molecule has 0 saturated carbocycles. The minimum absolute atomic E-state index is 0.0129. The molecule has 5 rings (SSSR count). The molecule has 246 valence electrons. The number of carbonyl (C=O) groups is 2. The zero-order valence-electron chi connectivity index (χ0n) is 25.3. The lowest BCUT2D eigenvalue weighted by molar-refractivity contribution is -0.125. The first kappa shape index (κ1) is 33.4. The molecule has 1 aliphatic rings. The number of benzene rings is 2. The van der Waals surface area contributed by atoms with E-state index in [2.05, 4.69) is 15.1 Å². The van der Waals surface area contributed by atoms with Crippen molar-refractivity contribution in [1.29, 1.82) is 0 Å². The third-order valence-corrected chi connectivity index (χ3v) is 10.1. The maximum absolute atomic E-state index is 14.3. The number of carbonyl (C=O) groups excluding carboxylic acids is 2. The van der Waals surface area contributed by atoms with Crippen LogP contribution in [0.5, 0.6) is 5.75 Å². The maximum Gasteiger partial charge on any atom is 0.411 e. The van der Waals surface area contributed by atoms with Gasteiger partial charge in [-0.1, -0.05) is 41.9 Å². The summed E-state index contributed by atoms with van der Waals surface area (Å²) in [4.78, 5) is 26.4. The van der Waals surface area contributed by atoms with Gasteiger partial charge in [0.2, 0.25) is 5.91 Å². The topological polar surface area (TPSA) is 132 Å². The number of nitrogens with zero attached hydrogens (tertiary/aromatic N) is 3. The molecule has 2 N–H and O–H groups in total. The zero-order chi connectivity index (χ0) is 33.4. The molecular formula is C30H32ClF2N5O6S2. The SMILES string of the molecule is COc1cccc2c1c(NS(=O)(=O)c1ccc(Cl)s1)nn2Cc1cccc(CNC(=O)[C@H]2CC(F)(F)CN2C(=O)OC(C)(C)C)c1. The smallest absolute Gasteiger partial charge is 0.411 e. The van der Waals surface area contributed by atoms with Crippen molar-refractivity contribution in [1.82, 2.24) is 20.0 Å². The molecule has 0 radical (unpaired) electrons. The summed E-state index contributed by atoms with van der Waals surface area (Å²) in [6, 6.07) is 13.9. The molecule has 1 aliphatic heterocycles. The summed E-state index contributed by atoms with van der Waals surface area (Å²) in [5.41, 5.74) is 1.12. The van der Waals surface area contributed by atoms with Crippen LogP contribution in [0.4, 0.5) is 19.4 Å². The summed E-state index contributed by atoms with van der Waals surface area (Å²) in [6.45, 7) is 4.18. The van der Waals surface area contributed by atoms with E-state index in [0.717, 1.165) is 21.8 Å². The molecule has 16 heteroatoms. The Kier molecular flexibility index (Phi) is 9.21. The third kappa shape index (κ3) is 7.53. The van der Waals surface area contributed by atoms with Gasteiger partial charge in [0.15, 0.2) is 5.82 Å². The maximum atomic E-state index is 14.3. The van der Waals surface area contributed by atoms with Crippen LogP contribution in [0.25, 0.3) is 10.9 Å². The Morgan fingerprint density at radius 1 is 1.13 bits per heavy atom. The predicted molar refractivity (Wildman–Crippen MR) is 170 cm³/mol. The van der Waals surface area contributed by atoms with E-state index in [1.165, 1.54) is 19.2 Å². The molecule has 1 atom stereocenters. The highest BCUT2D eigenvalue weighted by Gasteiger charge is 2.51. The lowest BCUT2D eigenvalue weighted by Gasteiger charge is -2.27. The fourth-order valence-corrected chi connectivity index (χ4v) is 7.55. The largest absolute Gasteiger partial charge is 0.496 e. The molecule has 2 aromatic carbocycles. The number of hydrogen-bond donors (Lipinski definition) is 2. The predicted octanol–water partition coefficient (Wildman–Crippen LogP) is 5.87. The number of amides is 2. The first-order chi connectivity index (χ1) is 21.5. The monoisotopic (exact) mass is 695 g/mol. The molecular weight excluding hydrogens is 664 g/mol. The van der Waals surface area contributed by atoms with E-state index in [0.29, 0.717) is 26.6 Å². The molecule has 3 heterocycles. The molecule has 2 amide bonds. The average Bonchev–Trinajstić information content (AvgIpc) is 3.66. The van der Waals surface area contributed by atoms with Crippen molar-refractivity contribution in [2.24, 2.45) is 0 Å². The van der Waals surface area contributed by atoms with E-state index in [4.69, 9.17) is 21.1 Å². The number of halogens is 3. The Balaban J connectivity index is 1.34. The first-order valence-corrected chi connectivity index (χ1v) is 16.8. The van der Waals surface area contributed by atoms with E-state index < -0.39 is 52.6 Å². The van der Waals surface area contributed by atoms with Crippen molar-refractivity contribution in [3.63, 3.8) is 0 Å². The second-order valence-corrected chi connectivity index (χ2v) is 15.4. The highest BCUT2D eigenvalue weighted by molar-refractivity contribution is 7.94. The fourth-order valence-electron chi connectivity index (χ4n) is 5.06. The third-order valence-electron chi connectivity index (χ3n) is 7.00. The lowest BCUT2D eigenvalue weighted by Crippen LogP contribution is -2.47. The number of rotatable bonds is 9. The van der Waals surface area contributed by atoms with Crippen LogP contribution in [-0.2, 0) is 32.6 Å². The van der Waals surface area contributed by atoms with Gasteiger partial charge in [-0.3, -0.25) is 19.1 Å². The molecule has 11 nitrogen and oxygen atoms in total. The normalized spacial score (nSPS) is 16.4. The Morgan fingerprint density at radius 2 is 1.85 bits per heavy atom. The number of ether oxygens (including phenoxy) is 2. The van der Waals surface area contributed by atoms with Crippen molar-refractivity contribution >= 4 is 61.7 Å². The standard InChI is InChI=1S/C30H32ClF2N5O6S2/c1-29(2,3)44-28(40)37-17-30(32,33)14-21(37)27(39)34-15-18-7-5-8-19(13-18)16-38-20-9-6-10-22(43-4)25(20)26(35-38)36-46(41,42)24-12-11-23(31)45-24/h5-13,21H,14-17H2,1-4H3,(H,34,39)(H,35,36)/t21-/m1/s1. The highest BCUT2D eigenvalue weighted by Crippen LogP contribution is 2.36. The summed E-state index contributed by atoms with van der Waals surface area (Å²) >= 11 is 6.87. The fraction of sp³-hybridized carbons (Fsp3) is 0.367. The number of alkyl halides is 2. The molecule has 0 spiro atoms. The van der Waals surface area contributed by atoms with Crippen LogP contribution >= 0.6 is 22.9 Å². The summed E-state index contributed by atoms with van der Waals surface area (Å²) in [5.74, 6) is -3.45. The molecule has 2 aromatic heterocycles. The number of methoxy groups -OCH3 is 1. The van der Waals surface area contributed by atoms with Crippen LogP contribution in [0.3, 0.4) is 0 Å². The summed E-state index contributed by atoms with van der Waals surface area (Å²) in [7, 11) is -2.52. The number of aromatic nitrogens is 2. The van der Waals surface area contributed by atoms with Gasteiger partial charge in [0.25, 0.3) is 15.9 Å². The average molecular weight is 696 g/mol. The Bertz CT molecular complexity index is 1890. The van der Waals surface area contributed by atoms with Gasteiger partial charge in [0.05, 0.1) is 35.4 Å². The molecule has 1 saturated heterocycles. The number of hydrogen-bond acceptors (Lipinski definition) is 8. The van der Waals surface area contributed by atoms with Crippen molar-refractivity contribution in [2.45, 2.75) is 62.1 Å². The molecule has 0 unspecified atom stereocenters. The first-order valence-electron chi connectivity index (χ1n) is 14.1. The molecule has 46 heavy (non-hydrogen) atoms. The number of anilines is 1. The van der Waals surface area contributed by atoms with Crippen molar-refractivity contribution in [2.75, 3.05) is 18.4 Å². The Morgan fingerprint density at radius 3 is 2.52 bits per heavy atom. The van der Waals surface area contributed by atoms with Gasteiger partial charge in [0, 0.05) is 13.0 Å². The van der Waals surface area contributed by atoms with Gasteiger partial charge in [-0.25, -0.2) is 22.0 Å². The Labute approximate surface area is 273 Å². The van der Waals surface area contributed by atoms with Crippen molar-refractivity contribution < 1.29 is 36.3 Å². The van der Waals surface area contributed by atoms with E-state index in [-0.39, 0.29) is 23.1 Å². The Hall–Kier alpha value is -3.95. The highest BCUT2D eigenvalue weighted by atomic mass is 35.5. The van der Waals surface area contributed by atoms with E-state index in [1.54, 1.807) is 61.9 Å². The van der Waals surface area contributed by atoms with Gasteiger partial charge in [0.1, 0.15) is 21.6 Å². The van der Waals surface area contributed by atoms with Crippen molar-refractivity contribution in [3.8, 4) is 5.75 Å². The van der Waals surface area contributed by atoms with Gasteiger partial charge in [-0.15, -0.1) is 11.3 Å². The van der Waals surface area contributed by atoms with Gasteiger partial charge < -0.3 is 14.8 Å². The van der Waals surface area contributed by atoms with Gasteiger partial charge in [-0.05, 0) is 56.2 Å². The van der Waals surface area contributed by atoms with Crippen LogP contribution in [0.1, 0.15) is 38.3 Å².